The van der Waals surface area contributed by atoms with Crippen LogP contribution >= 0.6 is 11.3 Å². The minimum absolute atomic E-state index is 0.844. The number of aryl methyl sites for hydroxylation is 1. The van der Waals surface area contributed by atoms with Gasteiger partial charge in [0.25, 0.3) is 5.65 Å². The van der Waals surface area contributed by atoms with Crippen molar-refractivity contribution in [1.82, 2.24) is 23.9 Å². The average molecular weight is 357 g/mol. The van der Waals surface area contributed by atoms with Crippen LogP contribution in [0.3, 0.4) is 0 Å². The van der Waals surface area contributed by atoms with E-state index in [1.54, 1.807) is 23.7 Å². The van der Waals surface area contributed by atoms with E-state index in [9.17, 15) is 0 Å². The summed E-state index contributed by atoms with van der Waals surface area (Å²) >= 11 is 1.71. The summed E-state index contributed by atoms with van der Waals surface area (Å²) in [7, 11) is 1.98. The molecule has 4 heterocycles. The Morgan fingerprint density at radius 3 is 2.85 bits per heavy atom. The van der Waals surface area contributed by atoms with Gasteiger partial charge in [-0.25, -0.2) is 19.1 Å². The van der Waals surface area contributed by atoms with Crippen molar-refractivity contribution in [1.29, 1.82) is 0 Å². The van der Waals surface area contributed by atoms with Crippen LogP contribution in [-0.2, 0) is 7.05 Å². The molecular formula is C19H13N6S+. The summed E-state index contributed by atoms with van der Waals surface area (Å²) in [5, 5.41) is 0. The van der Waals surface area contributed by atoms with Gasteiger partial charge in [-0.15, -0.1) is 4.98 Å². The Kier molecular flexibility index (Phi) is 2.60. The van der Waals surface area contributed by atoms with Gasteiger partial charge in [-0.05, 0) is 24.3 Å². The van der Waals surface area contributed by atoms with E-state index in [-0.39, 0.29) is 0 Å². The molecule has 0 spiro atoms. The maximum absolute atomic E-state index is 4.76. The number of thiazole rings is 1. The van der Waals surface area contributed by atoms with Gasteiger partial charge in [0.1, 0.15) is 11.9 Å². The lowest BCUT2D eigenvalue weighted by atomic mass is 10.2. The van der Waals surface area contributed by atoms with E-state index in [4.69, 9.17) is 4.98 Å². The number of imidazole rings is 2. The molecule has 0 fully saturated rings. The van der Waals surface area contributed by atoms with Gasteiger partial charge >= 0.3 is 5.65 Å². The normalized spacial score (nSPS) is 12.0. The molecule has 0 aliphatic carbocycles. The molecule has 0 saturated carbocycles. The van der Waals surface area contributed by atoms with Crippen LogP contribution in [0.25, 0.3) is 43.2 Å². The van der Waals surface area contributed by atoms with E-state index in [1.165, 1.54) is 4.70 Å². The number of para-hydroxylation sites is 2. The molecule has 2 aromatic carbocycles. The van der Waals surface area contributed by atoms with E-state index in [0.717, 1.165) is 38.5 Å². The van der Waals surface area contributed by atoms with Gasteiger partial charge < -0.3 is 0 Å². The third-order valence-electron chi connectivity index (χ3n) is 4.70. The minimum Gasteiger partial charge on any atom is -0.283 e. The summed E-state index contributed by atoms with van der Waals surface area (Å²) in [6.07, 6.45) is 5.46. The highest BCUT2D eigenvalue weighted by Crippen LogP contribution is 2.31. The molecule has 0 bridgehead atoms. The molecular weight excluding hydrogens is 344 g/mol. The average Bonchev–Trinajstić information content (AvgIpc) is 3.31. The van der Waals surface area contributed by atoms with Gasteiger partial charge in [0.15, 0.2) is 11.3 Å². The molecule has 0 atom stereocenters. The van der Waals surface area contributed by atoms with Crippen molar-refractivity contribution >= 4 is 48.8 Å². The van der Waals surface area contributed by atoms with E-state index >= 15 is 0 Å². The predicted octanol–water partition coefficient (Wildman–Crippen LogP) is 3.26. The van der Waals surface area contributed by atoms with Crippen LogP contribution in [0.15, 0.2) is 61.2 Å². The second-order valence-electron chi connectivity index (χ2n) is 6.27. The molecule has 0 aliphatic heterocycles. The van der Waals surface area contributed by atoms with Gasteiger partial charge in [-0.1, -0.05) is 23.5 Å². The maximum Gasteiger partial charge on any atom is 0.322 e. The van der Waals surface area contributed by atoms with E-state index in [2.05, 4.69) is 55.3 Å². The summed E-state index contributed by atoms with van der Waals surface area (Å²) < 4.78 is 7.51. The Hall–Kier alpha value is -3.32. The number of aromatic nitrogens is 6. The number of fused-ring (bicyclic) bond motifs is 6. The molecule has 6 nitrogen and oxygen atoms in total. The van der Waals surface area contributed by atoms with Crippen LogP contribution in [0.5, 0.6) is 0 Å². The molecule has 6 aromatic rings. The Labute approximate surface area is 151 Å². The van der Waals surface area contributed by atoms with E-state index in [1.807, 2.05) is 24.0 Å². The molecule has 0 radical (unpaired) electrons. The highest BCUT2D eigenvalue weighted by Gasteiger charge is 2.18. The largest absolute Gasteiger partial charge is 0.322 e. The molecule has 6 rings (SSSR count). The fourth-order valence-electron chi connectivity index (χ4n) is 3.53. The second-order valence-corrected chi connectivity index (χ2v) is 7.28. The first kappa shape index (κ1) is 13.9. The quantitative estimate of drug-likeness (QED) is 0.425. The third-order valence-corrected chi connectivity index (χ3v) is 5.73. The van der Waals surface area contributed by atoms with E-state index < -0.39 is 0 Å². The summed E-state index contributed by atoms with van der Waals surface area (Å²) in [5.74, 6) is 0. The summed E-state index contributed by atoms with van der Waals surface area (Å²) in [6, 6.07) is 14.7. The van der Waals surface area contributed by atoms with Crippen LogP contribution in [0.1, 0.15) is 0 Å². The molecule has 0 N–H and O–H groups in total. The summed E-state index contributed by atoms with van der Waals surface area (Å²) in [5.41, 5.74) is 6.07. The van der Waals surface area contributed by atoms with E-state index in [0.29, 0.717) is 0 Å². The lowest BCUT2D eigenvalue weighted by Crippen LogP contribution is -2.26. The lowest BCUT2D eigenvalue weighted by molar-refractivity contribution is -0.647. The van der Waals surface area contributed by atoms with Gasteiger partial charge in [0.2, 0.25) is 0 Å². The van der Waals surface area contributed by atoms with Crippen LogP contribution in [0.4, 0.5) is 0 Å². The van der Waals surface area contributed by atoms with Crippen LogP contribution in [0.2, 0.25) is 0 Å². The highest BCUT2D eigenvalue weighted by molar-refractivity contribution is 7.23. The van der Waals surface area contributed by atoms with Crippen LogP contribution < -0.4 is 4.57 Å². The van der Waals surface area contributed by atoms with Crippen molar-refractivity contribution in [2.45, 2.75) is 0 Å². The number of nitrogens with zero attached hydrogens (tertiary/aromatic N) is 6. The van der Waals surface area contributed by atoms with Crippen molar-refractivity contribution in [2.24, 2.45) is 7.05 Å². The van der Waals surface area contributed by atoms with Crippen molar-refractivity contribution in [3.63, 3.8) is 0 Å². The smallest absolute Gasteiger partial charge is 0.283 e. The number of benzene rings is 2. The third kappa shape index (κ3) is 1.75. The molecule has 0 amide bonds. The van der Waals surface area contributed by atoms with Crippen molar-refractivity contribution in [3.8, 4) is 5.69 Å². The van der Waals surface area contributed by atoms with Gasteiger partial charge in [0.05, 0.1) is 34.5 Å². The summed E-state index contributed by atoms with van der Waals surface area (Å²) in [4.78, 5) is 14.7. The fraction of sp³-hybridized carbons (Fsp3) is 0.0526. The number of hydrogen-bond donors (Lipinski definition) is 0. The first-order valence-corrected chi connectivity index (χ1v) is 9.09. The van der Waals surface area contributed by atoms with Gasteiger partial charge in [-0.2, -0.15) is 0 Å². The maximum atomic E-state index is 4.76. The Balaban J connectivity index is 1.70. The van der Waals surface area contributed by atoms with Crippen molar-refractivity contribution < 1.29 is 4.57 Å². The lowest BCUT2D eigenvalue weighted by Gasteiger charge is -2.00. The van der Waals surface area contributed by atoms with Gasteiger partial charge in [0, 0.05) is 6.07 Å². The summed E-state index contributed by atoms with van der Waals surface area (Å²) in [6.45, 7) is 0. The Bertz CT molecular complexity index is 1460. The Morgan fingerprint density at radius 2 is 1.88 bits per heavy atom. The van der Waals surface area contributed by atoms with Gasteiger partial charge in [-0.3, -0.25) is 4.40 Å². The molecule has 4 aromatic heterocycles. The zero-order valence-corrected chi connectivity index (χ0v) is 14.7. The molecule has 0 unspecified atom stereocenters. The fourth-order valence-corrected chi connectivity index (χ4v) is 4.55. The SMILES string of the molecule is C[n+]1cn(-c2ccc3sc4nc5ccccc5n4c3c2)c2nccnc21. The molecule has 0 aliphatic rings. The van der Waals surface area contributed by atoms with Crippen LogP contribution in [-0.4, -0.2) is 23.9 Å². The molecule has 124 valence electrons. The topological polar surface area (TPSA) is 51.9 Å². The van der Waals surface area contributed by atoms with Crippen molar-refractivity contribution in [3.05, 3.63) is 61.2 Å². The number of rotatable bonds is 1. The highest BCUT2D eigenvalue weighted by atomic mass is 32.1. The van der Waals surface area contributed by atoms with Crippen molar-refractivity contribution in [2.75, 3.05) is 0 Å². The first-order valence-electron chi connectivity index (χ1n) is 8.27. The minimum atomic E-state index is 0.844. The second kappa shape index (κ2) is 4.86. The predicted molar refractivity (Wildman–Crippen MR) is 102 cm³/mol. The zero-order chi connectivity index (χ0) is 17.3. The standard InChI is InChI=1S/C19H13N6S/c1-23-11-24(18-17(23)20-8-9-21-18)12-6-7-16-15(10-12)25-14-5-3-2-4-13(14)22-19(25)26-16/h2-11H,1H3/q+1. The Morgan fingerprint density at radius 1 is 1.00 bits per heavy atom. The molecule has 7 heteroatoms. The molecule has 26 heavy (non-hydrogen) atoms. The number of hydrogen-bond acceptors (Lipinski definition) is 4. The monoisotopic (exact) mass is 357 g/mol. The van der Waals surface area contributed by atoms with Crippen LogP contribution in [0, 0.1) is 0 Å². The zero-order valence-electron chi connectivity index (χ0n) is 13.9. The first-order chi connectivity index (χ1) is 12.8. The molecule has 0 saturated heterocycles.